The second-order valence-electron chi connectivity index (χ2n) is 9.85. The van der Waals surface area contributed by atoms with Gasteiger partial charge < -0.3 is 38.6 Å². The summed E-state index contributed by atoms with van der Waals surface area (Å²) in [4.78, 5) is 73.3. The first-order valence-electron chi connectivity index (χ1n) is 13.2. The van der Waals surface area contributed by atoms with Crippen LogP contribution in [0.2, 0.25) is 0 Å². The van der Waals surface area contributed by atoms with E-state index in [0.29, 0.717) is 0 Å². The van der Waals surface area contributed by atoms with Gasteiger partial charge in [-0.1, -0.05) is 48.0 Å². The maximum Gasteiger partial charge on any atom is 0.348 e. The number of cyclic esters (lactones) is 2. The van der Waals surface area contributed by atoms with E-state index in [4.69, 9.17) is 18.9 Å². The fraction of sp³-hybridized carbons (Fsp3) is 0.267. The van der Waals surface area contributed by atoms with E-state index in [-0.39, 0.29) is 50.0 Å². The van der Waals surface area contributed by atoms with Crippen molar-refractivity contribution in [3.63, 3.8) is 0 Å². The van der Waals surface area contributed by atoms with E-state index in [2.05, 4.69) is 9.47 Å². The Hall–Kier alpha value is -5.66. The molecule has 4 aliphatic heterocycles. The highest BCUT2D eigenvalue weighted by atomic mass is 16.8. The third-order valence-electron chi connectivity index (χ3n) is 6.97. The summed E-state index contributed by atoms with van der Waals surface area (Å²) >= 11 is 0. The Kier molecular flexibility index (Phi) is 8.07. The Morgan fingerprint density at radius 2 is 0.818 bits per heavy atom. The third-order valence-corrected chi connectivity index (χ3v) is 6.97. The molecule has 0 aromatic rings. The molecule has 4 heterocycles. The molecule has 0 amide bonds. The van der Waals surface area contributed by atoms with Crippen molar-refractivity contribution in [2.75, 3.05) is 13.2 Å². The molecule has 228 valence electrons. The number of hydrogen-bond acceptors (Lipinski definition) is 14. The molecular weight excluding hydrogens is 584 g/mol. The van der Waals surface area contributed by atoms with Crippen molar-refractivity contribution in [1.82, 2.24) is 0 Å². The summed E-state index contributed by atoms with van der Waals surface area (Å²) in [6.45, 7) is -0.641. The molecule has 44 heavy (non-hydrogen) atoms. The van der Waals surface area contributed by atoms with E-state index in [0.717, 1.165) is 12.2 Å². The van der Waals surface area contributed by atoms with E-state index in [1.807, 2.05) is 0 Å². The number of ether oxygens (including phenoxy) is 6. The SMILES string of the molecule is O=C1OC2(CCC3(CC2)OC(=O)C(=C/C=C/C=C/C2=C([O-])COC2=O)C(=O)O3)OC(=O)C1=C/C=C/C=C/C1=C([O-])COC1=O. The number of esters is 6. The fourth-order valence-corrected chi connectivity index (χ4v) is 4.65. The molecule has 0 N–H and O–H groups in total. The van der Waals surface area contributed by atoms with Crippen LogP contribution in [0, 0.1) is 0 Å². The van der Waals surface area contributed by atoms with Crippen molar-refractivity contribution in [2.24, 2.45) is 0 Å². The maximum atomic E-state index is 12.6. The number of allylic oxidation sites excluding steroid dienone is 8. The van der Waals surface area contributed by atoms with Crippen molar-refractivity contribution >= 4 is 35.8 Å². The summed E-state index contributed by atoms with van der Waals surface area (Å²) in [6, 6.07) is 0. The molecule has 2 spiro atoms. The van der Waals surface area contributed by atoms with Crippen molar-refractivity contribution < 1.29 is 67.4 Å². The van der Waals surface area contributed by atoms with E-state index in [1.54, 1.807) is 0 Å². The molecule has 0 atom stereocenters. The van der Waals surface area contributed by atoms with Gasteiger partial charge in [-0.05, 0) is 24.3 Å². The molecule has 3 fully saturated rings. The fourth-order valence-electron chi connectivity index (χ4n) is 4.65. The maximum absolute atomic E-state index is 12.6. The lowest BCUT2D eigenvalue weighted by Gasteiger charge is -2.45. The van der Waals surface area contributed by atoms with E-state index in [1.165, 1.54) is 48.6 Å². The Balaban J connectivity index is 1.15. The minimum absolute atomic E-state index is 0.119. The van der Waals surface area contributed by atoms with Crippen molar-refractivity contribution in [1.29, 1.82) is 0 Å². The van der Waals surface area contributed by atoms with Crippen molar-refractivity contribution in [3.8, 4) is 0 Å². The van der Waals surface area contributed by atoms with Gasteiger partial charge in [-0.15, -0.1) is 0 Å². The van der Waals surface area contributed by atoms with Crippen molar-refractivity contribution in [3.05, 3.63) is 94.6 Å². The van der Waals surface area contributed by atoms with Crippen LogP contribution in [-0.2, 0) is 57.2 Å². The Labute approximate surface area is 248 Å². The molecule has 0 radical (unpaired) electrons. The first kappa shape index (κ1) is 29.8. The van der Waals surface area contributed by atoms with Gasteiger partial charge in [0.2, 0.25) is 0 Å². The molecule has 1 aliphatic carbocycles. The standard InChI is InChI=1S/C30H24O14/c31-21-15-39-23(33)17(21)7-3-1-5-9-19-25(35)41-29(42-26(19)36)11-13-30(14-12-29)43-27(37)20(28(38)44-30)10-6-2-4-8-18-22(32)16-40-24(18)34/h1-10,31-32H,11-16H2/p-2/b5-1+,6-2+,7-3+,8-4+,19-9?,20-10?. The lowest BCUT2D eigenvalue weighted by atomic mass is 9.87. The van der Waals surface area contributed by atoms with Gasteiger partial charge in [-0.2, -0.15) is 0 Å². The monoisotopic (exact) mass is 606 g/mol. The van der Waals surface area contributed by atoms with Gasteiger partial charge >= 0.3 is 35.8 Å². The highest BCUT2D eigenvalue weighted by molar-refractivity contribution is 6.16. The van der Waals surface area contributed by atoms with Crippen LogP contribution in [0.4, 0.5) is 0 Å². The predicted molar refractivity (Wildman–Crippen MR) is 137 cm³/mol. The molecule has 1 saturated carbocycles. The van der Waals surface area contributed by atoms with Crippen LogP contribution in [0.15, 0.2) is 94.6 Å². The highest BCUT2D eigenvalue weighted by Gasteiger charge is 2.56. The van der Waals surface area contributed by atoms with Gasteiger partial charge in [0, 0.05) is 25.7 Å². The highest BCUT2D eigenvalue weighted by Crippen LogP contribution is 2.45. The van der Waals surface area contributed by atoms with Gasteiger partial charge in [0.25, 0.3) is 11.6 Å². The first-order valence-corrected chi connectivity index (χ1v) is 13.2. The van der Waals surface area contributed by atoms with E-state index < -0.39 is 70.1 Å². The van der Waals surface area contributed by atoms with Crippen LogP contribution in [0.25, 0.3) is 0 Å². The van der Waals surface area contributed by atoms with Crippen LogP contribution < -0.4 is 10.2 Å². The van der Waals surface area contributed by atoms with Gasteiger partial charge in [0.05, 0.1) is 11.1 Å². The largest absolute Gasteiger partial charge is 0.873 e. The lowest BCUT2D eigenvalue weighted by molar-refractivity contribution is -0.308. The van der Waals surface area contributed by atoms with Gasteiger partial charge in [0.15, 0.2) is 0 Å². The number of hydrogen-bond donors (Lipinski definition) is 0. The zero-order valence-corrected chi connectivity index (χ0v) is 22.7. The Morgan fingerprint density at radius 1 is 0.477 bits per heavy atom. The number of carbonyl (C=O) groups is 6. The minimum Gasteiger partial charge on any atom is -0.873 e. The summed E-state index contributed by atoms with van der Waals surface area (Å²) in [5, 5.41) is 23.0. The Bertz CT molecular complexity index is 1420. The average molecular weight is 606 g/mol. The van der Waals surface area contributed by atoms with E-state index in [9.17, 15) is 39.0 Å². The van der Waals surface area contributed by atoms with E-state index >= 15 is 0 Å². The second-order valence-corrected chi connectivity index (χ2v) is 9.85. The summed E-state index contributed by atoms with van der Waals surface area (Å²) in [7, 11) is 0. The molecule has 14 heteroatoms. The van der Waals surface area contributed by atoms with Crippen LogP contribution >= 0.6 is 0 Å². The summed E-state index contributed by atoms with van der Waals surface area (Å²) in [5.41, 5.74) is -1.03. The quantitative estimate of drug-likeness (QED) is 0.124. The van der Waals surface area contributed by atoms with Gasteiger partial charge in [-0.25, -0.2) is 28.8 Å². The molecule has 5 aliphatic rings. The zero-order valence-electron chi connectivity index (χ0n) is 22.7. The smallest absolute Gasteiger partial charge is 0.348 e. The van der Waals surface area contributed by atoms with Gasteiger partial charge in [0.1, 0.15) is 24.4 Å². The van der Waals surface area contributed by atoms with Crippen LogP contribution in [0.1, 0.15) is 25.7 Å². The third kappa shape index (κ3) is 6.09. The molecule has 5 rings (SSSR count). The lowest BCUT2D eigenvalue weighted by Crippen LogP contribution is -2.56. The van der Waals surface area contributed by atoms with Crippen LogP contribution in [0.5, 0.6) is 0 Å². The topological polar surface area (TPSA) is 204 Å². The number of rotatable bonds is 6. The molecule has 0 unspecified atom stereocenters. The summed E-state index contributed by atoms with van der Waals surface area (Å²) in [5.74, 6) is -9.49. The molecule has 14 nitrogen and oxygen atoms in total. The molecule has 0 bridgehead atoms. The molecule has 0 aromatic heterocycles. The second kappa shape index (κ2) is 11.9. The van der Waals surface area contributed by atoms with Crippen LogP contribution in [0.3, 0.4) is 0 Å². The summed E-state index contributed by atoms with van der Waals surface area (Å²) < 4.78 is 30.9. The Morgan fingerprint density at radius 3 is 1.11 bits per heavy atom. The van der Waals surface area contributed by atoms with Crippen molar-refractivity contribution in [2.45, 2.75) is 37.3 Å². The first-order chi connectivity index (χ1) is 21.0. The minimum atomic E-state index is -1.64. The molecular formula is C30H22O14-2. The average Bonchev–Trinajstić information content (AvgIpc) is 3.47. The van der Waals surface area contributed by atoms with Crippen LogP contribution in [-0.4, -0.2) is 60.6 Å². The molecule has 0 aromatic carbocycles. The normalized spacial score (nSPS) is 27.6. The summed E-state index contributed by atoms with van der Waals surface area (Å²) in [6.07, 6.45) is 12.4. The van der Waals surface area contributed by atoms with Gasteiger partial charge in [-0.3, -0.25) is 0 Å². The predicted octanol–water partition coefficient (Wildman–Crippen LogP) is -0.427. The number of carbonyl (C=O) groups excluding carboxylic acids is 6. The zero-order chi connectivity index (χ0) is 31.5. The molecule has 2 saturated heterocycles.